The van der Waals surface area contributed by atoms with E-state index in [1.807, 2.05) is 28.8 Å². The number of nitrogens with zero attached hydrogens (tertiary/aromatic N) is 5. The van der Waals surface area contributed by atoms with Crippen LogP contribution in [0.5, 0.6) is 0 Å². The molecule has 2 aliphatic rings. The Kier molecular flexibility index (Phi) is 3.70. The fourth-order valence-electron chi connectivity index (χ4n) is 3.67. The fraction of sp³-hybridized carbons (Fsp3) is 0.500. The van der Waals surface area contributed by atoms with Crippen molar-refractivity contribution >= 4 is 21.3 Å². The van der Waals surface area contributed by atoms with E-state index in [1.54, 1.807) is 0 Å². The lowest BCUT2D eigenvalue weighted by Crippen LogP contribution is -2.51. The first-order valence-electron chi connectivity index (χ1n) is 8.14. The standard InChI is InChI=1S/C16H19N5O2S/c17-11-14-16(18-15-3-1-2-5-21(14)15)20-8-6-19(7-9-20)13-4-10-24(22,23)12-13/h1-3,5,13H,4,6-10,12H2. The summed E-state index contributed by atoms with van der Waals surface area (Å²) in [6.07, 6.45) is 2.59. The Labute approximate surface area is 141 Å². The molecule has 4 heterocycles. The largest absolute Gasteiger partial charge is 0.352 e. The number of pyridine rings is 1. The zero-order chi connectivity index (χ0) is 16.7. The summed E-state index contributed by atoms with van der Waals surface area (Å²) in [5.41, 5.74) is 1.33. The van der Waals surface area contributed by atoms with Crippen molar-refractivity contribution in [2.45, 2.75) is 12.5 Å². The number of anilines is 1. The monoisotopic (exact) mass is 345 g/mol. The second-order valence-corrected chi connectivity index (χ2v) is 8.63. The normalized spacial score (nSPS) is 24.3. The number of hydrogen-bond donors (Lipinski definition) is 0. The van der Waals surface area contributed by atoms with Crippen LogP contribution >= 0.6 is 0 Å². The minimum Gasteiger partial charge on any atom is -0.352 e. The van der Waals surface area contributed by atoms with Gasteiger partial charge in [0, 0.05) is 38.4 Å². The third-order valence-electron chi connectivity index (χ3n) is 4.96. The van der Waals surface area contributed by atoms with Gasteiger partial charge in [0.2, 0.25) is 0 Å². The minimum atomic E-state index is -2.85. The van der Waals surface area contributed by atoms with Crippen LogP contribution in [0.3, 0.4) is 0 Å². The molecule has 2 aromatic rings. The van der Waals surface area contributed by atoms with Crippen molar-refractivity contribution in [3.05, 3.63) is 30.1 Å². The van der Waals surface area contributed by atoms with Gasteiger partial charge in [0.15, 0.2) is 21.3 Å². The summed E-state index contributed by atoms with van der Waals surface area (Å²) in [6.45, 7) is 3.13. The van der Waals surface area contributed by atoms with Crippen molar-refractivity contribution in [3.63, 3.8) is 0 Å². The molecule has 126 valence electrons. The molecule has 2 fully saturated rings. The molecule has 24 heavy (non-hydrogen) atoms. The fourth-order valence-corrected chi connectivity index (χ4v) is 5.43. The van der Waals surface area contributed by atoms with Crippen LogP contribution in [-0.2, 0) is 9.84 Å². The van der Waals surface area contributed by atoms with Crippen molar-refractivity contribution in [1.29, 1.82) is 5.26 Å². The molecule has 1 atom stereocenters. The minimum absolute atomic E-state index is 0.147. The molecule has 0 aromatic carbocycles. The smallest absolute Gasteiger partial charge is 0.169 e. The van der Waals surface area contributed by atoms with Gasteiger partial charge in [-0.15, -0.1) is 0 Å². The van der Waals surface area contributed by atoms with Gasteiger partial charge in [-0.1, -0.05) is 6.07 Å². The molecule has 0 aliphatic carbocycles. The lowest BCUT2D eigenvalue weighted by molar-refractivity contribution is 0.200. The molecule has 0 spiro atoms. The zero-order valence-corrected chi connectivity index (χ0v) is 14.1. The highest BCUT2D eigenvalue weighted by molar-refractivity contribution is 7.91. The van der Waals surface area contributed by atoms with Crippen LogP contribution in [0.2, 0.25) is 0 Å². The average molecular weight is 345 g/mol. The van der Waals surface area contributed by atoms with Gasteiger partial charge >= 0.3 is 0 Å². The van der Waals surface area contributed by atoms with Crippen LogP contribution < -0.4 is 4.90 Å². The Hall–Kier alpha value is -2.11. The van der Waals surface area contributed by atoms with E-state index in [0.29, 0.717) is 11.4 Å². The summed E-state index contributed by atoms with van der Waals surface area (Å²) in [4.78, 5) is 9.00. The van der Waals surface area contributed by atoms with Crippen LogP contribution in [0.25, 0.3) is 5.65 Å². The van der Waals surface area contributed by atoms with Crippen molar-refractivity contribution in [3.8, 4) is 6.07 Å². The van der Waals surface area contributed by atoms with Crippen molar-refractivity contribution in [2.24, 2.45) is 0 Å². The maximum absolute atomic E-state index is 11.7. The van der Waals surface area contributed by atoms with Gasteiger partial charge < -0.3 is 4.90 Å². The summed E-state index contributed by atoms with van der Waals surface area (Å²) < 4.78 is 25.1. The first kappa shape index (κ1) is 15.4. The molecule has 2 aliphatic heterocycles. The molecule has 2 saturated heterocycles. The van der Waals surface area contributed by atoms with Crippen LogP contribution in [0.15, 0.2) is 24.4 Å². The highest BCUT2D eigenvalue weighted by Crippen LogP contribution is 2.24. The lowest BCUT2D eigenvalue weighted by Gasteiger charge is -2.37. The van der Waals surface area contributed by atoms with Crippen LogP contribution in [-0.4, -0.2) is 66.4 Å². The predicted octanol–water partition coefficient (Wildman–Crippen LogP) is 0.515. The number of hydrogen-bond acceptors (Lipinski definition) is 6. The third-order valence-corrected chi connectivity index (χ3v) is 6.71. The molecule has 2 aromatic heterocycles. The average Bonchev–Trinajstić information content (AvgIpc) is 3.14. The highest BCUT2D eigenvalue weighted by Gasteiger charge is 2.34. The van der Waals surface area contributed by atoms with E-state index in [0.717, 1.165) is 44.1 Å². The Bertz CT molecular complexity index is 906. The SMILES string of the molecule is N#Cc1c(N2CCN(C3CCS(=O)(=O)C3)CC2)nc2ccccn12. The molecule has 4 rings (SSSR count). The van der Waals surface area contributed by atoms with Gasteiger partial charge in [-0.2, -0.15) is 5.26 Å². The molecule has 7 nitrogen and oxygen atoms in total. The Morgan fingerprint density at radius 3 is 2.67 bits per heavy atom. The summed E-state index contributed by atoms with van der Waals surface area (Å²) in [7, 11) is -2.85. The molecule has 8 heteroatoms. The van der Waals surface area contributed by atoms with E-state index in [2.05, 4.69) is 20.9 Å². The number of rotatable bonds is 2. The highest BCUT2D eigenvalue weighted by atomic mass is 32.2. The second kappa shape index (κ2) is 5.76. The number of imidazole rings is 1. The van der Waals surface area contributed by atoms with E-state index in [1.165, 1.54) is 0 Å². The van der Waals surface area contributed by atoms with Gasteiger partial charge in [0.25, 0.3) is 0 Å². The third kappa shape index (κ3) is 2.64. The zero-order valence-electron chi connectivity index (χ0n) is 13.3. The maximum atomic E-state index is 11.7. The quantitative estimate of drug-likeness (QED) is 0.789. The second-order valence-electron chi connectivity index (χ2n) is 6.40. The first-order valence-corrected chi connectivity index (χ1v) is 9.96. The molecular weight excluding hydrogens is 326 g/mol. The van der Waals surface area contributed by atoms with Gasteiger partial charge in [-0.05, 0) is 18.6 Å². The molecule has 0 radical (unpaired) electrons. The Morgan fingerprint density at radius 1 is 1.21 bits per heavy atom. The Balaban J connectivity index is 1.51. The summed E-state index contributed by atoms with van der Waals surface area (Å²) in [6, 6.07) is 8.09. The van der Waals surface area contributed by atoms with Gasteiger partial charge in [-0.3, -0.25) is 9.30 Å². The van der Waals surface area contributed by atoms with Crippen LogP contribution in [0, 0.1) is 11.3 Å². The van der Waals surface area contributed by atoms with E-state index < -0.39 is 9.84 Å². The number of nitriles is 1. The van der Waals surface area contributed by atoms with E-state index in [-0.39, 0.29) is 11.8 Å². The van der Waals surface area contributed by atoms with Crippen LogP contribution in [0.1, 0.15) is 12.1 Å². The molecule has 0 N–H and O–H groups in total. The lowest BCUT2D eigenvalue weighted by atomic mass is 10.2. The van der Waals surface area contributed by atoms with E-state index in [4.69, 9.17) is 0 Å². The van der Waals surface area contributed by atoms with E-state index in [9.17, 15) is 13.7 Å². The maximum Gasteiger partial charge on any atom is 0.169 e. The number of sulfone groups is 1. The van der Waals surface area contributed by atoms with Crippen molar-refractivity contribution < 1.29 is 8.42 Å². The summed E-state index contributed by atoms with van der Waals surface area (Å²) in [5, 5.41) is 9.50. The Morgan fingerprint density at radius 2 is 2.00 bits per heavy atom. The van der Waals surface area contributed by atoms with Gasteiger partial charge in [0.1, 0.15) is 11.7 Å². The van der Waals surface area contributed by atoms with Crippen LogP contribution in [0.4, 0.5) is 5.82 Å². The van der Waals surface area contributed by atoms with Gasteiger partial charge in [-0.25, -0.2) is 13.4 Å². The predicted molar refractivity (Wildman–Crippen MR) is 90.8 cm³/mol. The first-order chi connectivity index (χ1) is 11.6. The van der Waals surface area contributed by atoms with Crippen molar-refractivity contribution in [2.75, 3.05) is 42.6 Å². The molecule has 0 saturated carbocycles. The van der Waals surface area contributed by atoms with Gasteiger partial charge in [0.05, 0.1) is 11.5 Å². The van der Waals surface area contributed by atoms with Crippen molar-refractivity contribution in [1.82, 2.24) is 14.3 Å². The van der Waals surface area contributed by atoms with E-state index >= 15 is 0 Å². The molecule has 0 amide bonds. The number of piperazine rings is 1. The topological polar surface area (TPSA) is 81.7 Å². The number of fused-ring (bicyclic) bond motifs is 1. The summed E-state index contributed by atoms with van der Waals surface area (Å²) in [5.74, 6) is 1.32. The molecule has 0 bridgehead atoms. The molecule has 1 unspecified atom stereocenters. The molecular formula is C16H19N5O2S. The summed E-state index contributed by atoms with van der Waals surface area (Å²) >= 11 is 0. The number of aromatic nitrogens is 2.